The number of aryl methyl sites for hydroxylation is 2. The maximum Gasteiger partial charge on any atom is 0.184 e. The van der Waals surface area contributed by atoms with Crippen molar-refractivity contribution in [2.45, 2.75) is 13.8 Å². The van der Waals surface area contributed by atoms with E-state index in [0.717, 1.165) is 16.8 Å². The number of nitrogens with zero attached hydrogens (tertiary/aromatic N) is 2. The van der Waals surface area contributed by atoms with Crippen LogP contribution in [0.5, 0.6) is 0 Å². The maximum absolute atomic E-state index is 13.8. The number of hydrogen-bond acceptors (Lipinski definition) is 2. The SMILES string of the molecule is Cc1ccc2[nH]c(=S)n(-c3cc(F)c(Br)cc3C)c2n1. The summed E-state index contributed by atoms with van der Waals surface area (Å²) in [5.41, 5.74) is 4.04. The second kappa shape index (κ2) is 4.79. The molecule has 0 radical (unpaired) electrons. The van der Waals surface area contributed by atoms with Crippen LogP contribution < -0.4 is 0 Å². The molecule has 3 aromatic rings. The van der Waals surface area contributed by atoms with Crippen LogP contribution in [0.1, 0.15) is 11.3 Å². The third-order valence-corrected chi connectivity index (χ3v) is 4.04. The largest absolute Gasteiger partial charge is 0.329 e. The van der Waals surface area contributed by atoms with Crippen LogP contribution in [0.4, 0.5) is 4.39 Å². The Hall–Kier alpha value is -1.53. The Morgan fingerprint density at radius 1 is 1.30 bits per heavy atom. The second-order valence-electron chi connectivity index (χ2n) is 4.64. The lowest BCUT2D eigenvalue weighted by atomic mass is 10.2. The van der Waals surface area contributed by atoms with Gasteiger partial charge in [0.1, 0.15) is 5.82 Å². The third kappa shape index (κ3) is 2.09. The number of halogens is 2. The van der Waals surface area contributed by atoms with Crippen LogP contribution in [0.2, 0.25) is 0 Å². The van der Waals surface area contributed by atoms with Crippen molar-refractivity contribution in [3.05, 3.63) is 50.6 Å². The van der Waals surface area contributed by atoms with E-state index in [0.29, 0.717) is 20.6 Å². The van der Waals surface area contributed by atoms with Crippen molar-refractivity contribution in [2.24, 2.45) is 0 Å². The highest BCUT2D eigenvalue weighted by atomic mass is 79.9. The number of rotatable bonds is 1. The smallest absolute Gasteiger partial charge is 0.184 e. The van der Waals surface area contributed by atoms with Gasteiger partial charge in [-0.3, -0.25) is 4.57 Å². The number of aromatic nitrogens is 3. The van der Waals surface area contributed by atoms with Crippen molar-refractivity contribution in [3.8, 4) is 5.69 Å². The summed E-state index contributed by atoms with van der Waals surface area (Å²) in [6.45, 7) is 3.82. The zero-order valence-corrected chi connectivity index (χ0v) is 13.3. The summed E-state index contributed by atoms with van der Waals surface area (Å²) in [5, 5.41) is 0. The summed E-state index contributed by atoms with van der Waals surface area (Å²) in [7, 11) is 0. The van der Waals surface area contributed by atoms with Gasteiger partial charge in [-0.25, -0.2) is 9.37 Å². The first-order chi connectivity index (χ1) is 9.47. The molecule has 102 valence electrons. The molecule has 1 N–H and O–H groups in total. The van der Waals surface area contributed by atoms with Gasteiger partial charge in [-0.2, -0.15) is 0 Å². The fourth-order valence-electron chi connectivity index (χ4n) is 2.18. The molecule has 2 heterocycles. The molecule has 2 aromatic heterocycles. The number of hydrogen-bond donors (Lipinski definition) is 1. The Bertz CT molecular complexity index is 882. The molecule has 0 aliphatic carbocycles. The van der Waals surface area contributed by atoms with E-state index in [2.05, 4.69) is 25.9 Å². The number of nitrogens with one attached hydrogen (secondary N) is 1. The van der Waals surface area contributed by atoms with Crippen LogP contribution in [0.15, 0.2) is 28.7 Å². The van der Waals surface area contributed by atoms with E-state index in [1.807, 2.05) is 26.0 Å². The lowest BCUT2D eigenvalue weighted by molar-refractivity contribution is 0.619. The minimum absolute atomic E-state index is 0.325. The van der Waals surface area contributed by atoms with Gasteiger partial charge < -0.3 is 4.98 Å². The van der Waals surface area contributed by atoms with Gasteiger partial charge in [0, 0.05) is 5.69 Å². The zero-order valence-electron chi connectivity index (χ0n) is 10.9. The molecular weight excluding hydrogens is 341 g/mol. The third-order valence-electron chi connectivity index (χ3n) is 3.15. The fraction of sp³-hybridized carbons (Fsp3) is 0.143. The molecule has 0 amide bonds. The minimum atomic E-state index is -0.325. The molecule has 20 heavy (non-hydrogen) atoms. The van der Waals surface area contributed by atoms with Gasteiger partial charge in [0.2, 0.25) is 0 Å². The first kappa shape index (κ1) is 13.5. The van der Waals surface area contributed by atoms with Crippen molar-refractivity contribution in [1.82, 2.24) is 14.5 Å². The average Bonchev–Trinajstić information content (AvgIpc) is 2.69. The Labute approximate surface area is 128 Å². The normalized spacial score (nSPS) is 11.2. The molecule has 0 bridgehead atoms. The Morgan fingerprint density at radius 3 is 2.80 bits per heavy atom. The molecule has 0 fully saturated rings. The summed E-state index contributed by atoms with van der Waals surface area (Å²) < 4.78 is 16.5. The molecule has 6 heteroatoms. The minimum Gasteiger partial charge on any atom is -0.329 e. The van der Waals surface area contributed by atoms with E-state index in [9.17, 15) is 4.39 Å². The van der Waals surface area contributed by atoms with E-state index < -0.39 is 0 Å². The summed E-state index contributed by atoms with van der Waals surface area (Å²) in [5.74, 6) is -0.325. The van der Waals surface area contributed by atoms with E-state index >= 15 is 0 Å². The van der Waals surface area contributed by atoms with E-state index in [-0.39, 0.29) is 5.82 Å². The van der Waals surface area contributed by atoms with Gasteiger partial charge in [-0.1, -0.05) is 0 Å². The van der Waals surface area contributed by atoms with Crippen LogP contribution in [0.3, 0.4) is 0 Å². The lowest BCUT2D eigenvalue weighted by Gasteiger charge is -2.09. The molecule has 0 aliphatic heterocycles. The van der Waals surface area contributed by atoms with Crippen LogP contribution in [-0.4, -0.2) is 14.5 Å². The molecule has 3 nitrogen and oxygen atoms in total. The van der Waals surface area contributed by atoms with E-state index in [1.165, 1.54) is 6.07 Å². The molecule has 0 saturated carbocycles. The Morgan fingerprint density at radius 2 is 2.05 bits per heavy atom. The predicted octanol–water partition coefficient (Wildman–Crippen LogP) is 4.60. The molecule has 3 rings (SSSR count). The van der Waals surface area contributed by atoms with Crippen molar-refractivity contribution >= 4 is 39.3 Å². The monoisotopic (exact) mass is 351 g/mol. The highest BCUT2D eigenvalue weighted by Crippen LogP contribution is 2.26. The Balaban J connectivity index is 2.40. The van der Waals surface area contributed by atoms with Gasteiger partial charge in [0.05, 0.1) is 15.7 Å². The highest BCUT2D eigenvalue weighted by molar-refractivity contribution is 9.10. The van der Waals surface area contributed by atoms with Crippen LogP contribution >= 0.6 is 28.1 Å². The van der Waals surface area contributed by atoms with Crippen LogP contribution in [0.25, 0.3) is 16.9 Å². The number of aromatic amines is 1. The molecule has 0 unspecified atom stereocenters. The summed E-state index contributed by atoms with van der Waals surface area (Å²) >= 11 is 8.54. The van der Waals surface area contributed by atoms with Gasteiger partial charge in [0.15, 0.2) is 10.4 Å². The first-order valence-electron chi connectivity index (χ1n) is 6.02. The van der Waals surface area contributed by atoms with Crippen molar-refractivity contribution in [2.75, 3.05) is 0 Å². The lowest BCUT2D eigenvalue weighted by Crippen LogP contribution is -2.00. The summed E-state index contributed by atoms with van der Waals surface area (Å²) in [6.07, 6.45) is 0. The second-order valence-corrected chi connectivity index (χ2v) is 5.88. The van der Waals surface area contributed by atoms with Crippen LogP contribution in [0, 0.1) is 24.4 Å². The zero-order chi connectivity index (χ0) is 14.4. The van der Waals surface area contributed by atoms with Crippen molar-refractivity contribution < 1.29 is 4.39 Å². The first-order valence-corrected chi connectivity index (χ1v) is 7.22. The standard InChI is InChI=1S/C14H11BrFN3S/c1-7-5-9(15)10(16)6-12(7)19-13-11(18-14(19)20)4-3-8(2)17-13/h3-6H,1-2H3,(H,18,20). The van der Waals surface area contributed by atoms with E-state index in [4.69, 9.17) is 12.2 Å². The van der Waals surface area contributed by atoms with Gasteiger partial charge in [0.25, 0.3) is 0 Å². The predicted molar refractivity (Wildman–Crippen MR) is 83.4 cm³/mol. The van der Waals surface area contributed by atoms with E-state index in [1.54, 1.807) is 10.6 Å². The van der Waals surface area contributed by atoms with Crippen LogP contribution in [-0.2, 0) is 0 Å². The number of H-pyrrole nitrogens is 1. The number of benzene rings is 1. The fourth-order valence-corrected chi connectivity index (χ4v) is 2.93. The molecule has 0 aliphatic rings. The molecule has 0 atom stereocenters. The molecular formula is C14H11BrFN3S. The molecule has 0 saturated heterocycles. The summed E-state index contributed by atoms with van der Waals surface area (Å²) in [4.78, 5) is 7.59. The van der Waals surface area contributed by atoms with Gasteiger partial charge in [-0.15, -0.1) is 0 Å². The average molecular weight is 352 g/mol. The quantitative estimate of drug-likeness (QED) is 0.650. The van der Waals surface area contributed by atoms with Gasteiger partial charge in [-0.05, 0) is 71.8 Å². The summed E-state index contributed by atoms with van der Waals surface area (Å²) in [6, 6.07) is 7.04. The van der Waals surface area contributed by atoms with Crippen molar-refractivity contribution in [3.63, 3.8) is 0 Å². The number of pyridine rings is 1. The number of fused-ring (bicyclic) bond motifs is 1. The van der Waals surface area contributed by atoms with Crippen molar-refractivity contribution in [1.29, 1.82) is 0 Å². The highest BCUT2D eigenvalue weighted by Gasteiger charge is 2.12. The Kier molecular flexibility index (Phi) is 3.22. The topological polar surface area (TPSA) is 33.6 Å². The molecule has 0 spiro atoms. The molecule has 1 aromatic carbocycles. The van der Waals surface area contributed by atoms with Gasteiger partial charge >= 0.3 is 0 Å². The maximum atomic E-state index is 13.8. The number of imidazole rings is 1.